The van der Waals surface area contributed by atoms with E-state index in [2.05, 4.69) is 33.4 Å². The van der Waals surface area contributed by atoms with Gasteiger partial charge in [0.2, 0.25) is 0 Å². The van der Waals surface area contributed by atoms with Crippen LogP contribution < -0.4 is 11.3 Å². The van der Waals surface area contributed by atoms with E-state index in [1.807, 2.05) is 35.0 Å². The van der Waals surface area contributed by atoms with Gasteiger partial charge in [0.25, 0.3) is 0 Å². The highest BCUT2D eigenvalue weighted by Crippen LogP contribution is 2.27. The van der Waals surface area contributed by atoms with Gasteiger partial charge in [0.1, 0.15) is 0 Å². The first kappa shape index (κ1) is 12.3. The van der Waals surface area contributed by atoms with Gasteiger partial charge in [-0.2, -0.15) is 5.10 Å². The maximum Gasteiger partial charge on any atom is 0.0889 e. The van der Waals surface area contributed by atoms with E-state index >= 15 is 0 Å². The van der Waals surface area contributed by atoms with Crippen LogP contribution in [0.4, 0.5) is 0 Å². The number of nitrogens with two attached hydrogens (primary N) is 1. The molecule has 0 saturated carbocycles. The summed E-state index contributed by atoms with van der Waals surface area (Å²) in [5, 5.41) is 4.26. The van der Waals surface area contributed by atoms with E-state index in [0.717, 1.165) is 22.3 Å². The molecule has 3 N–H and O–H groups in total. The van der Waals surface area contributed by atoms with Crippen LogP contribution in [0.5, 0.6) is 0 Å². The quantitative estimate of drug-likeness (QED) is 0.671. The van der Waals surface area contributed by atoms with Gasteiger partial charge < -0.3 is 0 Å². The lowest BCUT2D eigenvalue weighted by Gasteiger charge is -2.18. The first-order valence-corrected chi connectivity index (χ1v) is 6.29. The highest BCUT2D eigenvalue weighted by Gasteiger charge is 2.18. The zero-order valence-electron chi connectivity index (χ0n) is 9.60. The largest absolute Gasteiger partial charge is 0.271 e. The average Bonchev–Trinajstić information content (AvgIpc) is 2.81. The third kappa shape index (κ3) is 2.41. The minimum Gasteiger partial charge on any atom is -0.271 e. The maximum absolute atomic E-state index is 5.68. The minimum atomic E-state index is -0.0620. The standard InChI is InChI=1S/C12H15BrN4/c1-2-17-11(7-8-15-17)12(16-14)9-5-3-4-6-10(9)13/h3-8,12,16H,2,14H2,1H3. The zero-order valence-corrected chi connectivity index (χ0v) is 11.2. The van der Waals surface area contributed by atoms with E-state index in [1.165, 1.54) is 0 Å². The predicted octanol–water partition coefficient (Wildman–Crippen LogP) is 2.22. The Balaban J connectivity index is 2.44. The molecule has 1 heterocycles. The molecular formula is C12H15BrN4. The van der Waals surface area contributed by atoms with Gasteiger partial charge in [0.15, 0.2) is 0 Å². The Bertz CT molecular complexity index is 495. The second-order valence-corrected chi connectivity index (χ2v) is 4.55. The highest BCUT2D eigenvalue weighted by atomic mass is 79.9. The summed E-state index contributed by atoms with van der Waals surface area (Å²) < 4.78 is 2.97. The third-order valence-electron chi connectivity index (χ3n) is 2.73. The first-order chi connectivity index (χ1) is 8.27. The van der Waals surface area contributed by atoms with Crippen molar-refractivity contribution in [2.75, 3.05) is 0 Å². The van der Waals surface area contributed by atoms with E-state index in [-0.39, 0.29) is 6.04 Å². The smallest absolute Gasteiger partial charge is 0.0889 e. The van der Waals surface area contributed by atoms with Crippen molar-refractivity contribution < 1.29 is 0 Å². The molecule has 0 saturated heterocycles. The summed E-state index contributed by atoms with van der Waals surface area (Å²) in [6.45, 7) is 2.88. The predicted molar refractivity (Wildman–Crippen MR) is 71.2 cm³/mol. The summed E-state index contributed by atoms with van der Waals surface area (Å²) >= 11 is 3.54. The van der Waals surface area contributed by atoms with Crippen LogP contribution in [0.1, 0.15) is 24.2 Å². The van der Waals surface area contributed by atoms with Crippen LogP contribution in [0.2, 0.25) is 0 Å². The number of rotatable bonds is 4. The van der Waals surface area contributed by atoms with Crippen LogP contribution in [0.15, 0.2) is 41.0 Å². The molecule has 1 unspecified atom stereocenters. The zero-order chi connectivity index (χ0) is 12.3. The Labute approximate surface area is 109 Å². The minimum absolute atomic E-state index is 0.0620. The molecule has 0 spiro atoms. The van der Waals surface area contributed by atoms with Crippen molar-refractivity contribution in [2.24, 2.45) is 5.84 Å². The number of aromatic nitrogens is 2. The number of halogens is 1. The van der Waals surface area contributed by atoms with Gasteiger partial charge in [0.05, 0.1) is 11.7 Å². The van der Waals surface area contributed by atoms with Crippen molar-refractivity contribution in [2.45, 2.75) is 19.5 Å². The lowest BCUT2D eigenvalue weighted by Crippen LogP contribution is -2.30. The Morgan fingerprint density at radius 2 is 2.18 bits per heavy atom. The Kier molecular flexibility index (Phi) is 3.93. The molecule has 5 heteroatoms. The lowest BCUT2D eigenvalue weighted by atomic mass is 10.0. The SMILES string of the molecule is CCn1nccc1C(NN)c1ccccc1Br. The van der Waals surface area contributed by atoms with Crippen LogP contribution >= 0.6 is 15.9 Å². The van der Waals surface area contributed by atoms with Crippen LogP contribution in [0.25, 0.3) is 0 Å². The van der Waals surface area contributed by atoms with E-state index in [1.54, 1.807) is 6.20 Å². The fourth-order valence-corrected chi connectivity index (χ4v) is 2.41. The van der Waals surface area contributed by atoms with E-state index in [9.17, 15) is 0 Å². The normalized spacial score (nSPS) is 12.6. The second kappa shape index (κ2) is 5.44. The molecule has 0 fully saturated rings. The Morgan fingerprint density at radius 3 is 2.82 bits per heavy atom. The molecule has 0 bridgehead atoms. The lowest BCUT2D eigenvalue weighted by molar-refractivity contribution is 0.542. The monoisotopic (exact) mass is 294 g/mol. The van der Waals surface area contributed by atoms with E-state index < -0.39 is 0 Å². The molecule has 1 atom stereocenters. The summed E-state index contributed by atoms with van der Waals surface area (Å²) in [7, 11) is 0. The van der Waals surface area contributed by atoms with Crippen LogP contribution in [-0.4, -0.2) is 9.78 Å². The summed E-state index contributed by atoms with van der Waals surface area (Å²) in [5.74, 6) is 5.68. The fourth-order valence-electron chi connectivity index (χ4n) is 1.90. The number of nitrogens with one attached hydrogen (secondary N) is 1. The summed E-state index contributed by atoms with van der Waals surface area (Å²) in [6.07, 6.45) is 1.79. The van der Waals surface area contributed by atoms with E-state index in [4.69, 9.17) is 5.84 Å². The molecule has 0 radical (unpaired) electrons. The van der Waals surface area contributed by atoms with Crippen LogP contribution in [-0.2, 0) is 6.54 Å². The van der Waals surface area contributed by atoms with Gasteiger partial charge in [-0.3, -0.25) is 10.5 Å². The van der Waals surface area contributed by atoms with Gasteiger partial charge in [-0.25, -0.2) is 5.43 Å². The van der Waals surface area contributed by atoms with Crippen LogP contribution in [0, 0.1) is 0 Å². The van der Waals surface area contributed by atoms with Gasteiger partial charge in [-0.15, -0.1) is 0 Å². The number of hydrazine groups is 1. The molecule has 4 nitrogen and oxygen atoms in total. The van der Waals surface area contributed by atoms with Crippen molar-refractivity contribution in [1.82, 2.24) is 15.2 Å². The van der Waals surface area contributed by atoms with Crippen LogP contribution in [0.3, 0.4) is 0 Å². The number of hydrogen-bond donors (Lipinski definition) is 2. The first-order valence-electron chi connectivity index (χ1n) is 5.50. The van der Waals surface area contributed by atoms with Gasteiger partial charge in [-0.05, 0) is 24.6 Å². The number of nitrogens with zero attached hydrogens (tertiary/aromatic N) is 2. The molecule has 1 aromatic heterocycles. The summed E-state index contributed by atoms with van der Waals surface area (Å²) in [5.41, 5.74) is 5.00. The van der Waals surface area contributed by atoms with Crippen molar-refractivity contribution in [3.8, 4) is 0 Å². The topological polar surface area (TPSA) is 55.9 Å². The number of aryl methyl sites for hydroxylation is 1. The van der Waals surface area contributed by atoms with E-state index in [0.29, 0.717) is 0 Å². The van der Waals surface area contributed by atoms with Crippen molar-refractivity contribution in [3.63, 3.8) is 0 Å². The fraction of sp³-hybridized carbons (Fsp3) is 0.250. The van der Waals surface area contributed by atoms with Crippen molar-refractivity contribution in [3.05, 3.63) is 52.3 Å². The molecule has 2 aromatic rings. The molecule has 90 valence electrons. The second-order valence-electron chi connectivity index (χ2n) is 3.69. The molecule has 0 aliphatic heterocycles. The molecule has 0 aliphatic rings. The molecular weight excluding hydrogens is 280 g/mol. The summed E-state index contributed by atoms with van der Waals surface area (Å²) in [4.78, 5) is 0. The molecule has 17 heavy (non-hydrogen) atoms. The van der Waals surface area contributed by atoms with Gasteiger partial charge in [0, 0.05) is 17.2 Å². The van der Waals surface area contributed by atoms with Crippen molar-refractivity contribution in [1.29, 1.82) is 0 Å². The molecule has 0 aliphatic carbocycles. The van der Waals surface area contributed by atoms with Gasteiger partial charge >= 0.3 is 0 Å². The molecule has 1 aromatic carbocycles. The number of benzene rings is 1. The highest BCUT2D eigenvalue weighted by molar-refractivity contribution is 9.10. The third-order valence-corrected chi connectivity index (χ3v) is 3.45. The maximum atomic E-state index is 5.68. The molecule has 2 rings (SSSR count). The Hall–Kier alpha value is -1.17. The number of hydrogen-bond acceptors (Lipinski definition) is 3. The van der Waals surface area contributed by atoms with Crippen molar-refractivity contribution >= 4 is 15.9 Å². The summed E-state index contributed by atoms with van der Waals surface area (Å²) in [6, 6.07) is 9.95. The average molecular weight is 295 g/mol. The van der Waals surface area contributed by atoms with Gasteiger partial charge in [-0.1, -0.05) is 34.1 Å². The Morgan fingerprint density at radius 1 is 1.41 bits per heavy atom. The molecule has 0 amide bonds.